The Bertz CT molecular complexity index is 787. The fourth-order valence-electron chi connectivity index (χ4n) is 3.60. The van der Waals surface area contributed by atoms with Crippen molar-refractivity contribution < 1.29 is 9.53 Å². The smallest absolute Gasteiger partial charge is 0.170 e. The number of ether oxygens (including phenoxy) is 1. The lowest BCUT2D eigenvalue weighted by Crippen LogP contribution is -2.38. The fourth-order valence-corrected chi connectivity index (χ4v) is 3.77. The molecule has 140 valence electrons. The second-order valence-corrected chi connectivity index (χ2v) is 7.33. The zero-order valence-corrected chi connectivity index (χ0v) is 16.4. The van der Waals surface area contributed by atoms with E-state index < -0.39 is 0 Å². The molecule has 0 bridgehead atoms. The van der Waals surface area contributed by atoms with Gasteiger partial charge in [-0.2, -0.15) is 0 Å². The summed E-state index contributed by atoms with van der Waals surface area (Å²) in [5.41, 5.74) is 2.78. The number of hydrogen-bond acceptors (Lipinski definition) is 4. The molecule has 0 amide bonds. The lowest BCUT2D eigenvalue weighted by atomic mass is 9.89. The molecule has 1 N–H and O–H groups in total. The minimum absolute atomic E-state index is 0.0407. The number of hydrogen-bond donors (Lipinski definition) is 1. The maximum Gasteiger partial charge on any atom is 0.170 e. The molecule has 0 unspecified atom stereocenters. The largest absolute Gasteiger partial charge is 0.496 e. The lowest BCUT2D eigenvalue weighted by molar-refractivity contribution is 0.0807. The first-order valence-corrected chi connectivity index (χ1v) is 9.54. The molecule has 0 radical (unpaired) electrons. The van der Waals surface area contributed by atoms with Crippen molar-refractivity contribution in [3.05, 3.63) is 46.0 Å². The highest BCUT2D eigenvalue weighted by Gasteiger charge is 2.29. The molecule has 1 aromatic heterocycles. The van der Waals surface area contributed by atoms with Gasteiger partial charge in [0, 0.05) is 36.1 Å². The molecule has 1 aromatic carbocycles. The third-order valence-corrected chi connectivity index (χ3v) is 5.28. The number of nitrogens with one attached hydrogen (secondary N) is 1. The number of H-pyrrole nitrogens is 1. The number of rotatable bonds is 6. The first-order valence-electron chi connectivity index (χ1n) is 9.16. The number of likely N-dealkylation sites (tertiary alicyclic amines) is 1. The number of carbonyl (C=O) groups excluding carboxylic acids is 1. The van der Waals surface area contributed by atoms with Gasteiger partial charge in [0.1, 0.15) is 11.6 Å². The van der Waals surface area contributed by atoms with Crippen LogP contribution in [0.1, 0.15) is 47.3 Å². The van der Waals surface area contributed by atoms with Crippen LogP contribution in [0.2, 0.25) is 5.02 Å². The van der Waals surface area contributed by atoms with Gasteiger partial charge in [-0.15, -0.1) is 0 Å². The van der Waals surface area contributed by atoms with Gasteiger partial charge in [-0.25, -0.2) is 4.98 Å². The second-order valence-electron chi connectivity index (χ2n) is 6.89. The maximum absolute atomic E-state index is 13.1. The van der Waals surface area contributed by atoms with Crippen molar-refractivity contribution >= 4 is 17.4 Å². The van der Waals surface area contributed by atoms with Gasteiger partial charge >= 0.3 is 0 Å². The minimum Gasteiger partial charge on any atom is -0.496 e. The van der Waals surface area contributed by atoms with Gasteiger partial charge in [0.25, 0.3) is 0 Å². The molecule has 26 heavy (non-hydrogen) atoms. The lowest BCUT2D eigenvalue weighted by Gasteiger charge is -2.31. The van der Waals surface area contributed by atoms with Crippen LogP contribution < -0.4 is 4.74 Å². The van der Waals surface area contributed by atoms with E-state index in [-0.39, 0.29) is 11.7 Å². The van der Waals surface area contributed by atoms with Crippen LogP contribution in [0.4, 0.5) is 0 Å². The van der Waals surface area contributed by atoms with Crippen LogP contribution >= 0.6 is 11.6 Å². The Morgan fingerprint density at radius 2 is 2.27 bits per heavy atom. The van der Waals surface area contributed by atoms with Crippen LogP contribution in [0.15, 0.2) is 18.2 Å². The number of halogens is 1. The van der Waals surface area contributed by atoms with Crippen molar-refractivity contribution in [3.8, 4) is 5.75 Å². The van der Waals surface area contributed by atoms with E-state index in [4.69, 9.17) is 16.3 Å². The molecule has 2 heterocycles. The normalized spacial score (nSPS) is 18.1. The van der Waals surface area contributed by atoms with Gasteiger partial charge in [0.05, 0.1) is 18.4 Å². The summed E-state index contributed by atoms with van der Waals surface area (Å²) in [6.07, 6.45) is 2.80. The highest BCUT2D eigenvalue weighted by atomic mass is 35.5. The predicted molar refractivity (Wildman–Crippen MR) is 103 cm³/mol. The molecule has 1 atom stereocenters. The van der Waals surface area contributed by atoms with E-state index in [1.807, 2.05) is 0 Å². The van der Waals surface area contributed by atoms with Crippen molar-refractivity contribution in [3.63, 3.8) is 0 Å². The molecule has 0 spiro atoms. The SMILES string of the molecule is CCc1nc(CN2CCC[C@H](C(=O)c3cc(Cl)ccc3OC)C2)c(C)[nH]1. The van der Waals surface area contributed by atoms with Crippen molar-refractivity contribution in [2.24, 2.45) is 5.92 Å². The predicted octanol–water partition coefficient (Wildman–Crippen LogP) is 4.04. The molecule has 0 aliphatic carbocycles. The van der Waals surface area contributed by atoms with E-state index in [0.717, 1.165) is 56.1 Å². The van der Waals surface area contributed by atoms with Crippen molar-refractivity contribution in [2.45, 2.75) is 39.7 Å². The number of aryl methyl sites for hydroxylation is 2. The number of imidazole rings is 1. The van der Waals surface area contributed by atoms with Crippen LogP contribution in [0.25, 0.3) is 0 Å². The molecular weight excluding hydrogens is 350 g/mol. The van der Waals surface area contributed by atoms with Crippen molar-refractivity contribution in [2.75, 3.05) is 20.2 Å². The van der Waals surface area contributed by atoms with Crippen LogP contribution in [-0.4, -0.2) is 40.9 Å². The highest BCUT2D eigenvalue weighted by molar-refractivity contribution is 6.31. The van der Waals surface area contributed by atoms with Gasteiger partial charge in [-0.3, -0.25) is 9.69 Å². The highest BCUT2D eigenvalue weighted by Crippen LogP contribution is 2.29. The van der Waals surface area contributed by atoms with E-state index in [1.54, 1.807) is 25.3 Å². The van der Waals surface area contributed by atoms with E-state index in [2.05, 4.69) is 28.7 Å². The molecule has 1 aliphatic rings. The topological polar surface area (TPSA) is 58.2 Å². The fraction of sp³-hybridized carbons (Fsp3) is 0.500. The van der Waals surface area contributed by atoms with Crippen LogP contribution in [0.5, 0.6) is 5.75 Å². The van der Waals surface area contributed by atoms with Crippen molar-refractivity contribution in [1.82, 2.24) is 14.9 Å². The number of nitrogens with zero attached hydrogens (tertiary/aromatic N) is 2. The molecule has 1 aliphatic heterocycles. The summed E-state index contributed by atoms with van der Waals surface area (Å²) >= 11 is 6.10. The van der Waals surface area contributed by atoms with Crippen LogP contribution in [0.3, 0.4) is 0 Å². The number of aromatic amines is 1. The molecule has 2 aromatic rings. The third kappa shape index (κ3) is 4.10. The number of Topliss-reactive ketones (excluding diaryl/α,β-unsaturated/α-hetero) is 1. The van der Waals surface area contributed by atoms with Gasteiger partial charge in [0.2, 0.25) is 0 Å². The van der Waals surface area contributed by atoms with E-state index in [9.17, 15) is 4.79 Å². The summed E-state index contributed by atoms with van der Waals surface area (Å²) in [6, 6.07) is 5.22. The van der Waals surface area contributed by atoms with E-state index in [1.165, 1.54) is 0 Å². The first kappa shape index (κ1) is 18.9. The molecule has 1 saturated heterocycles. The summed E-state index contributed by atoms with van der Waals surface area (Å²) < 4.78 is 5.36. The van der Waals surface area contributed by atoms with Crippen LogP contribution in [-0.2, 0) is 13.0 Å². The number of methoxy groups -OCH3 is 1. The Morgan fingerprint density at radius 3 is 2.96 bits per heavy atom. The molecule has 1 fully saturated rings. The number of benzene rings is 1. The van der Waals surface area contributed by atoms with E-state index in [0.29, 0.717) is 16.3 Å². The molecular formula is C20H26ClN3O2. The average Bonchev–Trinajstić information content (AvgIpc) is 3.01. The van der Waals surface area contributed by atoms with E-state index >= 15 is 0 Å². The Hall–Kier alpha value is -1.85. The zero-order chi connectivity index (χ0) is 18.7. The minimum atomic E-state index is -0.0407. The molecule has 5 nitrogen and oxygen atoms in total. The number of piperidine rings is 1. The maximum atomic E-state index is 13.1. The van der Waals surface area contributed by atoms with Gasteiger partial charge in [-0.1, -0.05) is 18.5 Å². The van der Waals surface area contributed by atoms with Crippen LogP contribution in [0, 0.1) is 12.8 Å². The first-order chi connectivity index (χ1) is 12.5. The summed E-state index contributed by atoms with van der Waals surface area (Å²) in [5, 5.41) is 0.557. The Morgan fingerprint density at radius 1 is 1.46 bits per heavy atom. The summed E-state index contributed by atoms with van der Waals surface area (Å²) in [5.74, 6) is 1.68. The number of carbonyl (C=O) groups is 1. The summed E-state index contributed by atoms with van der Waals surface area (Å²) in [6.45, 7) is 6.66. The molecule has 0 saturated carbocycles. The monoisotopic (exact) mass is 375 g/mol. The van der Waals surface area contributed by atoms with Gasteiger partial charge < -0.3 is 9.72 Å². The Kier molecular flexibility index (Phi) is 5.99. The Balaban J connectivity index is 1.73. The van der Waals surface area contributed by atoms with Crippen molar-refractivity contribution in [1.29, 1.82) is 0 Å². The van der Waals surface area contributed by atoms with Gasteiger partial charge in [-0.05, 0) is 44.5 Å². The third-order valence-electron chi connectivity index (χ3n) is 5.05. The molecule has 6 heteroatoms. The average molecular weight is 376 g/mol. The summed E-state index contributed by atoms with van der Waals surface area (Å²) in [7, 11) is 1.58. The standard InChI is InChI=1S/C20H26ClN3O2/c1-4-19-22-13(2)17(23-19)12-24-9-5-6-14(11-24)20(25)16-10-15(21)7-8-18(16)26-3/h7-8,10,14H,4-6,9,11-12H2,1-3H3,(H,22,23)/t14-/m0/s1. The summed E-state index contributed by atoms with van der Waals surface area (Å²) in [4.78, 5) is 23.4. The Labute approximate surface area is 159 Å². The zero-order valence-electron chi connectivity index (χ0n) is 15.6. The number of ketones is 1. The molecule has 3 rings (SSSR count). The second kappa shape index (κ2) is 8.23. The number of aromatic nitrogens is 2. The quantitative estimate of drug-likeness (QED) is 0.774. The van der Waals surface area contributed by atoms with Gasteiger partial charge in [0.15, 0.2) is 5.78 Å².